The van der Waals surface area contributed by atoms with E-state index in [1.807, 2.05) is 84.0 Å². The van der Waals surface area contributed by atoms with Crippen LogP contribution in [0.4, 0.5) is 17.1 Å². The van der Waals surface area contributed by atoms with Gasteiger partial charge in [0.15, 0.2) is 17.2 Å². The van der Waals surface area contributed by atoms with Crippen molar-refractivity contribution < 1.29 is 20.1 Å². The highest BCUT2D eigenvalue weighted by Gasteiger charge is 2.23. The van der Waals surface area contributed by atoms with Crippen molar-refractivity contribution in [1.29, 1.82) is 0 Å². The summed E-state index contributed by atoms with van der Waals surface area (Å²) in [6, 6.07) is 18.7. The molecule has 3 N–H and O–H groups in total. The van der Waals surface area contributed by atoms with Crippen LogP contribution in [0, 0.1) is 41.5 Å². The van der Waals surface area contributed by atoms with Gasteiger partial charge in [-0.3, -0.25) is 0 Å². The summed E-state index contributed by atoms with van der Waals surface area (Å²) >= 11 is 0. The van der Waals surface area contributed by atoms with Gasteiger partial charge in [0.25, 0.3) is 0 Å². The molecule has 4 aromatic rings. The van der Waals surface area contributed by atoms with E-state index in [1.165, 1.54) is 0 Å². The Hall–Kier alpha value is -4.12. The Kier molecular flexibility index (Phi) is 6.35. The van der Waals surface area contributed by atoms with Crippen LogP contribution in [0.15, 0.2) is 60.7 Å². The van der Waals surface area contributed by atoms with E-state index in [1.54, 1.807) is 18.2 Å². The average molecular weight is 470 g/mol. The molecule has 0 spiro atoms. The Bertz CT molecular complexity index is 1340. The number of hydrogen-bond acceptors (Lipinski definition) is 5. The molecule has 4 aromatic carbocycles. The number of ether oxygens (including phenoxy) is 1. The highest BCUT2D eigenvalue weighted by Crippen LogP contribution is 2.47. The summed E-state index contributed by atoms with van der Waals surface area (Å²) in [6.07, 6.45) is 0. The van der Waals surface area contributed by atoms with Crippen LogP contribution in [-0.4, -0.2) is 15.3 Å². The first kappa shape index (κ1) is 24.0. The quantitative estimate of drug-likeness (QED) is 0.277. The lowest BCUT2D eigenvalue weighted by Crippen LogP contribution is -2.14. The fraction of sp³-hybridized carbons (Fsp3) is 0.200. The zero-order valence-corrected chi connectivity index (χ0v) is 21.0. The fourth-order valence-electron chi connectivity index (χ4n) is 4.35. The van der Waals surface area contributed by atoms with Crippen LogP contribution in [0.5, 0.6) is 28.7 Å². The third kappa shape index (κ3) is 4.62. The van der Waals surface area contributed by atoms with E-state index in [0.717, 1.165) is 50.4 Å². The van der Waals surface area contributed by atoms with E-state index in [0.29, 0.717) is 11.5 Å². The van der Waals surface area contributed by atoms with Gasteiger partial charge in [-0.05, 0) is 117 Å². The van der Waals surface area contributed by atoms with Gasteiger partial charge in [-0.1, -0.05) is 18.2 Å². The molecule has 0 amide bonds. The van der Waals surface area contributed by atoms with Crippen LogP contribution in [0.1, 0.15) is 33.4 Å². The predicted molar refractivity (Wildman–Crippen MR) is 141 cm³/mol. The van der Waals surface area contributed by atoms with Crippen molar-refractivity contribution in [2.45, 2.75) is 41.5 Å². The Morgan fingerprint density at radius 1 is 0.543 bits per heavy atom. The Labute approximate surface area is 206 Å². The Morgan fingerprint density at radius 2 is 1.09 bits per heavy atom. The maximum atomic E-state index is 10.6. The van der Waals surface area contributed by atoms with Crippen molar-refractivity contribution in [1.82, 2.24) is 0 Å². The lowest BCUT2D eigenvalue weighted by atomic mass is 10.0. The average Bonchev–Trinajstić information content (AvgIpc) is 2.78. The third-order valence-corrected chi connectivity index (χ3v) is 6.23. The summed E-state index contributed by atoms with van der Waals surface area (Å²) in [7, 11) is 0. The molecule has 180 valence electrons. The lowest BCUT2D eigenvalue weighted by molar-refractivity contribution is 0.409. The standard InChI is InChI=1S/C30H31NO4/c1-17-11-22(6)30(28(34)12-17)35-29-10-8-7-9-23(29)31(24-13-20(4)26(32)15-18(24)2)25-14-21(5)27(33)16-19(25)3/h7-16,32-34H,1-6H3. The molecule has 0 saturated carbocycles. The van der Waals surface area contributed by atoms with E-state index in [4.69, 9.17) is 4.74 Å². The molecular formula is C30H31NO4. The number of rotatable bonds is 5. The van der Waals surface area contributed by atoms with Crippen LogP contribution in [0.25, 0.3) is 0 Å². The number of aryl methyl sites for hydroxylation is 6. The van der Waals surface area contributed by atoms with Gasteiger partial charge in [0.2, 0.25) is 0 Å². The first-order valence-electron chi connectivity index (χ1n) is 11.5. The number of anilines is 3. The predicted octanol–water partition coefficient (Wildman–Crippen LogP) is 7.92. The number of hydrogen-bond donors (Lipinski definition) is 3. The smallest absolute Gasteiger partial charge is 0.172 e. The van der Waals surface area contributed by atoms with E-state index in [-0.39, 0.29) is 17.2 Å². The van der Waals surface area contributed by atoms with Crippen molar-refractivity contribution in [3.63, 3.8) is 0 Å². The molecule has 35 heavy (non-hydrogen) atoms. The summed E-state index contributed by atoms with van der Waals surface area (Å²) in [5.74, 6) is 1.51. The number of para-hydroxylation sites is 2. The number of phenols is 3. The molecule has 0 atom stereocenters. The molecule has 0 heterocycles. The van der Waals surface area contributed by atoms with Gasteiger partial charge in [-0.2, -0.15) is 0 Å². The van der Waals surface area contributed by atoms with Gasteiger partial charge in [0, 0.05) is 11.4 Å². The van der Waals surface area contributed by atoms with E-state index in [2.05, 4.69) is 4.90 Å². The second-order valence-corrected chi connectivity index (χ2v) is 9.19. The third-order valence-electron chi connectivity index (χ3n) is 6.23. The molecule has 5 nitrogen and oxygen atoms in total. The molecule has 0 aliphatic carbocycles. The molecule has 0 saturated heterocycles. The van der Waals surface area contributed by atoms with Gasteiger partial charge < -0.3 is 25.0 Å². The zero-order valence-electron chi connectivity index (χ0n) is 21.0. The van der Waals surface area contributed by atoms with Crippen LogP contribution in [0.2, 0.25) is 0 Å². The normalized spacial score (nSPS) is 10.9. The minimum atomic E-state index is 0.0807. The van der Waals surface area contributed by atoms with Crippen molar-refractivity contribution in [3.05, 3.63) is 94.0 Å². The molecular weight excluding hydrogens is 438 g/mol. The first-order chi connectivity index (χ1) is 16.6. The summed E-state index contributed by atoms with van der Waals surface area (Å²) in [5, 5.41) is 31.2. The minimum Gasteiger partial charge on any atom is -0.508 e. The number of benzene rings is 4. The topological polar surface area (TPSA) is 73.2 Å². The molecule has 0 aromatic heterocycles. The van der Waals surface area contributed by atoms with Crippen molar-refractivity contribution >= 4 is 17.1 Å². The van der Waals surface area contributed by atoms with Crippen LogP contribution in [0.3, 0.4) is 0 Å². The van der Waals surface area contributed by atoms with E-state index < -0.39 is 0 Å². The highest BCUT2D eigenvalue weighted by molar-refractivity contribution is 5.84. The molecule has 0 aliphatic rings. The lowest BCUT2D eigenvalue weighted by Gasteiger charge is -2.31. The van der Waals surface area contributed by atoms with Gasteiger partial charge in [0.1, 0.15) is 11.5 Å². The van der Waals surface area contributed by atoms with Gasteiger partial charge in [-0.15, -0.1) is 0 Å². The maximum absolute atomic E-state index is 10.6. The van der Waals surface area contributed by atoms with E-state index >= 15 is 0 Å². The molecule has 0 aliphatic heterocycles. The number of phenolic OH excluding ortho intramolecular Hbond substituents is 3. The second-order valence-electron chi connectivity index (χ2n) is 9.19. The van der Waals surface area contributed by atoms with E-state index in [9.17, 15) is 15.3 Å². The molecule has 0 radical (unpaired) electrons. The van der Waals surface area contributed by atoms with Gasteiger partial charge in [0.05, 0.1) is 5.69 Å². The summed E-state index contributed by atoms with van der Waals surface area (Å²) < 4.78 is 6.35. The molecule has 0 fully saturated rings. The summed E-state index contributed by atoms with van der Waals surface area (Å²) in [4.78, 5) is 2.07. The largest absolute Gasteiger partial charge is 0.508 e. The monoisotopic (exact) mass is 469 g/mol. The van der Waals surface area contributed by atoms with Gasteiger partial charge in [-0.25, -0.2) is 0 Å². The van der Waals surface area contributed by atoms with Crippen LogP contribution in [-0.2, 0) is 0 Å². The number of nitrogens with zero attached hydrogens (tertiary/aromatic N) is 1. The minimum absolute atomic E-state index is 0.0807. The first-order valence-corrected chi connectivity index (χ1v) is 11.5. The summed E-state index contributed by atoms with van der Waals surface area (Å²) in [5.41, 5.74) is 7.52. The molecule has 0 bridgehead atoms. The van der Waals surface area contributed by atoms with Crippen molar-refractivity contribution in [3.8, 4) is 28.7 Å². The van der Waals surface area contributed by atoms with Crippen molar-refractivity contribution in [2.75, 3.05) is 4.90 Å². The van der Waals surface area contributed by atoms with Crippen LogP contribution >= 0.6 is 0 Å². The fourth-order valence-corrected chi connectivity index (χ4v) is 4.35. The second kappa shape index (κ2) is 9.26. The molecule has 4 rings (SSSR count). The maximum Gasteiger partial charge on any atom is 0.172 e. The summed E-state index contributed by atoms with van der Waals surface area (Å²) in [6.45, 7) is 11.5. The van der Waals surface area contributed by atoms with Gasteiger partial charge >= 0.3 is 0 Å². The Balaban J connectivity index is 1.98. The Morgan fingerprint density at radius 3 is 1.63 bits per heavy atom. The zero-order chi connectivity index (χ0) is 25.4. The molecule has 0 unspecified atom stereocenters. The number of aromatic hydroxyl groups is 3. The SMILES string of the molecule is Cc1cc(C)c(Oc2ccccc2N(c2cc(C)c(O)cc2C)c2cc(C)c(O)cc2C)c(O)c1. The van der Waals surface area contributed by atoms with Crippen molar-refractivity contribution in [2.24, 2.45) is 0 Å². The highest BCUT2D eigenvalue weighted by atomic mass is 16.5. The molecule has 5 heteroatoms. The van der Waals surface area contributed by atoms with Crippen LogP contribution < -0.4 is 9.64 Å².